The number of dihydropyridines is 1. The fourth-order valence-electron chi connectivity index (χ4n) is 4.53. The summed E-state index contributed by atoms with van der Waals surface area (Å²) in [5, 5.41) is 1.38. The minimum Gasteiger partial charge on any atom is -0.274 e. The number of nitrogens with zero attached hydrogens (tertiary/aromatic N) is 3. The Labute approximate surface area is 189 Å². The first kappa shape index (κ1) is 19.8. The third-order valence-corrected chi connectivity index (χ3v) is 8.92. The largest absolute Gasteiger partial charge is 0.274 e. The average molecular weight is 487 g/mol. The van der Waals surface area contributed by atoms with Crippen LogP contribution in [-0.2, 0) is 5.75 Å². The first-order valence-electron chi connectivity index (χ1n) is 10.4. The highest BCUT2D eigenvalue weighted by atomic mass is 79.9. The Balaban J connectivity index is 1.42. The van der Waals surface area contributed by atoms with Crippen LogP contribution < -0.4 is 0 Å². The smallest absolute Gasteiger partial charge is 0.117 e. The number of benzene rings is 1. The van der Waals surface area contributed by atoms with Gasteiger partial charge < -0.3 is 0 Å². The van der Waals surface area contributed by atoms with Crippen LogP contribution in [0.15, 0.2) is 61.1 Å². The molecule has 6 heteroatoms. The third-order valence-electron chi connectivity index (χ3n) is 5.94. The van der Waals surface area contributed by atoms with Crippen molar-refractivity contribution in [3.63, 3.8) is 0 Å². The summed E-state index contributed by atoms with van der Waals surface area (Å²) in [5.74, 6) is 1.29. The number of aliphatic imine (C=N–C) groups is 1. The van der Waals surface area contributed by atoms with Crippen molar-refractivity contribution in [2.24, 2.45) is 4.99 Å². The summed E-state index contributed by atoms with van der Waals surface area (Å²) in [6.07, 6.45) is 9.05. The Morgan fingerprint density at radius 1 is 1.17 bits per heavy atom. The predicted octanol–water partition coefficient (Wildman–Crippen LogP) is 7.17. The summed E-state index contributed by atoms with van der Waals surface area (Å²) in [6, 6.07) is 8.55. The molecule has 0 saturated heterocycles. The molecule has 2 aliphatic heterocycles. The molecule has 1 aromatic heterocycles. The maximum Gasteiger partial charge on any atom is 0.117 e. The molecule has 1 aromatic carbocycles. The molecule has 0 fully saturated rings. The van der Waals surface area contributed by atoms with E-state index in [2.05, 4.69) is 52.1 Å². The summed E-state index contributed by atoms with van der Waals surface area (Å²) in [6.45, 7) is 2.26. The van der Waals surface area contributed by atoms with E-state index >= 15 is 0 Å². The molecule has 3 heterocycles. The molecule has 0 saturated carbocycles. The monoisotopic (exact) mass is 485 g/mol. The second-order valence-electron chi connectivity index (χ2n) is 7.83. The van der Waals surface area contributed by atoms with Gasteiger partial charge in [-0.1, -0.05) is 58.7 Å². The number of allylic oxidation sites excluding steroid dienone is 1. The van der Waals surface area contributed by atoms with E-state index < -0.39 is 0 Å². The Kier molecular flexibility index (Phi) is 5.85. The van der Waals surface area contributed by atoms with E-state index in [1.54, 1.807) is 17.5 Å². The number of aromatic nitrogens is 2. The lowest BCUT2D eigenvalue weighted by Crippen LogP contribution is -2.21. The molecule has 3 aliphatic rings. The van der Waals surface area contributed by atoms with Crippen molar-refractivity contribution < 1.29 is 0 Å². The molecule has 2 atom stereocenters. The zero-order valence-electron chi connectivity index (χ0n) is 16.5. The molecule has 0 N–H and O–H groups in total. The van der Waals surface area contributed by atoms with Crippen LogP contribution >= 0.6 is 39.5 Å². The van der Waals surface area contributed by atoms with Gasteiger partial charge in [-0.15, -0.1) is 11.8 Å². The van der Waals surface area contributed by atoms with E-state index in [9.17, 15) is 0 Å². The molecule has 29 heavy (non-hydrogen) atoms. The second kappa shape index (κ2) is 8.56. The summed E-state index contributed by atoms with van der Waals surface area (Å²) in [7, 11) is 0. The van der Waals surface area contributed by atoms with Crippen LogP contribution in [0.5, 0.6) is 0 Å². The number of unbranched alkanes of at least 4 members (excludes halogenated alkanes) is 1. The van der Waals surface area contributed by atoms with Gasteiger partial charge in [0.05, 0.1) is 16.5 Å². The Morgan fingerprint density at radius 3 is 2.86 bits per heavy atom. The van der Waals surface area contributed by atoms with Gasteiger partial charge in [0.15, 0.2) is 0 Å². The molecule has 0 amide bonds. The Morgan fingerprint density at radius 2 is 2.03 bits per heavy atom. The fourth-order valence-corrected chi connectivity index (χ4v) is 7.27. The van der Waals surface area contributed by atoms with Crippen LogP contribution in [0.1, 0.15) is 62.6 Å². The van der Waals surface area contributed by atoms with Crippen molar-refractivity contribution in [1.29, 1.82) is 0 Å². The number of halogens is 1. The number of fused-ring (bicyclic) bond motifs is 4. The van der Waals surface area contributed by atoms with Crippen LogP contribution in [0, 0.1) is 0 Å². The van der Waals surface area contributed by atoms with Gasteiger partial charge in [0.25, 0.3) is 0 Å². The molecule has 1 aliphatic carbocycles. The van der Waals surface area contributed by atoms with Crippen molar-refractivity contribution in [2.45, 2.75) is 72.4 Å². The van der Waals surface area contributed by atoms with E-state index in [1.807, 2.05) is 23.5 Å². The first-order valence-corrected chi connectivity index (χ1v) is 13.1. The van der Waals surface area contributed by atoms with Gasteiger partial charge in [0.1, 0.15) is 16.7 Å². The summed E-state index contributed by atoms with van der Waals surface area (Å²) >= 11 is 7.23. The maximum absolute atomic E-state index is 5.25. The van der Waals surface area contributed by atoms with Gasteiger partial charge >= 0.3 is 0 Å². The van der Waals surface area contributed by atoms with Crippen molar-refractivity contribution in [3.8, 4) is 0 Å². The van der Waals surface area contributed by atoms with Crippen molar-refractivity contribution in [2.75, 3.05) is 0 Å². The Bertz CT molecular complexity index is 984. The summed E-state index contributed by atoms with van der Waals surface area (Å²) < 4.78 is 1.12. The van der Waals surface area contributed by atoms with Crippen LogP contribution in [0.25, 0.3) is 0 Å². The molecule has 0 bridgehead atoms. The predicted molar refractivity (Wildman–Crippen MR) is 126 cm³/mol. The molecular formula is C23H24BrN3S2. The lowest BCUT2D eigenvalue weighted by Gasteiger charge is -2.26. The van der Waals surface area contributed by atoms with E-state index in [1.165, 1.54) is 54.0 Å². The molecule has 0 spiro atoms. The third kappa shape index (κ3) is 3.84. The normalized spacial score (nSPS) is 22.3. The van der Waals surface area contributed by atoms with E-state index in [-0.39, 0.29) is 5.37 Å². The van der Waals surface area contributed by atoms with Gasteiger partial charge in [-0.05, 0) is 55.4 Å². The summed E-state index contributed by atoms with van der Waals surface area (Å²) in [5.41, 5.74) is 7.12. The van der Waals surface area contributed by atoms with Crippen LogP contribution in [0.3, 0.4) is 0 Å². The molecule has 0 unspecified atom stereocenters. The van der Waals surface area contributed by atoms with E-state index in [0.29, 0.717) is 5.92 Å². The Hall–Kier alpha value is -1.11. The van der Waals surface area contributed by atoms with Crippen LogP contribution in [-0.4, -0.2) is 21.1 Å². The van der Waals surface area contributed by atoms with Gasteiger partial charge in [-0.2, -0.15) is 0 Å². The first-order chi connectivity index (χ1) is 14.2. The number of thioether (sulfide) groups is 2. The summed E-state index contributed by atoms with van der Waals surface area (Å²) in [4.78, 5) is 15.9. The highest BCUT2D eigenvalue weighted by Gasteiger charge is 2.43. The molecule has 5 rings (SSSR count). The standard InChI is InChI=1S/C23H24BrN3S2/c1-2-3-7-18-16-5-4-6-17(16)19-20-21(29-22(19)27-18)23(26-13-25-20)28-12-14-8-10-15(24)11-9-14/h8-11,13,19,22H,2-7,12H2,1H3/t19-,22+/m0/s1. The average Bonchev–Trinajstić information content (AvgIpc) is 3.36. The van der Waals surface area contributed by atoms with Crippen molar-refractivity contribution in [1.82, 2.24) is 9.97 Å². The van der Waals surface area contributed by atoms with Gasteiger partial charge in [-0.3, -0.25) is 4.99 Å². The lowest BCUT2D eigenvalue weighted by atomic mass is 9.87. The molecule has 0 radical (unpaired) electrons. The minimum absolute atomic E-state index is 0.262. The van der Waals surface area contributed by atoms with Crippen LogP contribution in [0.2, 0.25) is 0 Å². The molecule has 150 valence electrons. The molecular weight excluding hydrogens is 462 g/mol. The fraction of sp³-hybridized carbons (Fsp3) is 0.435. The minimum atomic E-state index is 0.262. The topological polar surface area (TPSA) is 38.1 Å². The van der Waals surface area contributed by atoms with Crippen LogP contribution in [0.4, 0.5) is 0 Å². The number of hydrogen-bond acceptors (Lipinski definition) is 5. The zero-order chi connectivity index (χ0) is 19.8. The lowest BCUT2D eigenvalue weighted by molar-refractivity contribution is 0.687. The van der Waals surface area contributed by atoms with Gasteiger partial charge in [0, 0.05) is 15.9 Å². The highest BCUT2D eigenvalue weighted by Crippen LogP contribution is 2.56. The molecule has 2 aromatic rings. The van der Waals surface area contributed by atoms with E-state index in [4.69, 9.17) is 9.98 Å². The van der Waals surface area contributed by atoms with Crippen molar-refractivity contribution in [3.05, 3.63) is 57.5 Å². The number of hydrogen-bond donors (Lipinski definition) is 0. The van der Waals surface area contributed by atoms with E-state index in [0.717, 1.165) is 21.7 Å². The quantitative estimate of drug-likeness (QED) is 0.320. The SMILES string of the molecule is CCCCC1=N[C@@H]2Sc3c(SCc4ccc(Br)cc4)ncnc3[C@@H]2C2=C1CCC2. The van der Waals surface area contributed by atoms with Crippen molar-refractivity contribution >= 4 is 45.2 Å². The highest BCUT2D eigenvalue weighted by molar-refractivity contribution is 9.10. The van der Waals surface area contributed by atoms with Gasteiger partial charge in [0.2, 0.25) is 0 Å². The number of rotatable bonds is 6. The zero-order valence-corrected chi connectivity index (χ0v) is 19.7. The maximum atomic E-state index is 5.25. The molecule has 3 nitrogen and oxygen atoms in total. The van der Waals surface area contributed by atoms with Gasteiger partial charge in [-0.25, -0.2) is 9.97 Å². The second-order valence-corrected chi connectivity index (χ2v) is 10.8.